The molecule has 0 amide bonds. The van der Waals surface area contributed by atoms with Crippen molar-refractivity contribution in [1.29, 1.82) is 0 Å². The summed E-state index contributed by atoms with van der Waals surface area (Å²) in [6, 6.07) is 8.56. The fourth-order valence-corrected chi connectivity index (χ4v) is 4.09. The Morgan fingerprint density at radius 3 is 2.19 bits per heavy atom. The summed E-state index contributed by atoms with van der Waals surface area (Å²) in [5.41, 5.74) is 6.67. The molecule has 5 heteroatoms. The third-order valence-electron chi connectivity index (χ3n) is 4.68. The molecule has 2 aromatic heterocycles. The van der Waals surface area contributed by atoms with Crippen LogP contribution in [0.25, 0.3) is 11.4 Å². The second-order valence-corrected chi connectivity index (χ2v) is 8.67. The second-order valence-electron chi connectivity index (χ2n) is 7.73. The van der Waals surface area contributed by atoms with Crippen LogP contribution in [0.1, 0.15) is 43.0 Å². The zero-order valence-corrected chi connectivity index (χ0v) is 17.2. The monoisotopic (exact) mass is 366 g/mol. The number of thioether (sulfide) groups is 1. The highest BCUT2D eigenvalue weighted by Gasteiger charge is 2.17. The minimum absolute atomic E-state index is 0.171. The summed E-state index contributed by atoms with van der Waals surface area (Å²) in [7, 11) is 2.01. The van der Waals surface area contributed by atoms with E-state index in [2.05, 4.69) is 61.9 Å². The Balaban J connectivity index is 1.81. The van der Waals surface area contributed by atoms with Crippen LogP contribution in [0.5, 0.6) is 0 Å². The van der Waals surface area contributed by atoms with Crippen molar-refractivity contribution in [3.63, 3.8) is 0 Å². The number of rotatable bonds is 4. The summed E-state index contributed by atoms with van der Waals surface area (Å²) in [4.78, 5) is 4.06. The van der Waals surface area contributed by atoms with Gasteiger partial charge < -0.3 is 4.57 Å². The van der Waals surface area contributed by atoms with Crippen molar-refractivity contribution in [2.45, 2.75) is 50.9 Å². The lowest BCUT2D eigenvalue weighted by molar-refractivity contribution is 0.589. The lowest BCUT2D eigenvalue weighted by Gasteiger charge is -2.22. The predicted molar refractivity (Wildman–Crippen MR) is 108 cm³/mol. The standard InChI is InChI=1S/C21H26N4S/c1-14-11-17(21(3,4)5)12-15(2)18(14)13-26-20-24-23-19(25(20)6)16-7-9-22-10-8-16/h7-12H,13H2,1-6H3. The minimum atomic E-state index is 0.171. The van der Waals surface area contributed by atoms with Crippen molar-refractivity contribution in [1.82, 2.24) is 19.7 Å². The molecule has 3 aromatic rings. The van der Waals surface area contributed by atoms with Gasteiger partial charge in [0.25, 0.3) is 0 Å². The van der Waals surface area contributed by atoms with E-state index in [1.165, 1.54) is 22.3 Å². The molecule has 0 aliphatic rings. The number of nitrogens with zero attached hydrogens (tertiary/aromatic N) is 4. The van der Waals surface area contributed by atoms with Crippen LogP contribution in [0.2, 0.25) is 0 Å². The first-order valence-corrected chi connectivity index (χ1v) is 9.79. The molecule has 0 bridgehead atoms. The summed E-state index contributed by atoms with van der Waals surface area (Å²) in [5, 5.41) is 9.66. The number of hydrogen-bond acceptors (Lipinski definition) is 4. The molecule has 0 radical (unpaired) electrons. The van der Waals surface area contributed by atoms with Crippen molar-refractivity contribution in [2.75, 3.05) is 0 Å². The van der Waals surface area contributed by atoms with E-state index in [1.807, 2.05) is 23.7 Å². The van der Waals surface area contributed by atoms with Crippen LogP contribution in [0.3, 0.4) is 0 Å². The molecule has 0 fully saturated rings. The van der Waals surface area contributed by atoms with Gasteiger partial charge in [0.1, 0.15) is 0 Å². The number of benzene rings is 1. The highest BCUT2D eigenvalue weighted by Crippen LogP contribution is 2.31. The summed E-state index contributed by atoms with van der Waals surface area (Å²) in [5.74, 6) is 1.76. The maximum Gasteiger partial charge on any atom is 0.191 e. The van der Waals surface area contributed by atoms with Crippen LogP contribution in [-0.4, -0.2) is 19.7 Å². The molecule has 0 atom stereocenters. The van der Waals surface area contributed by atoms with Crippen molar-refractivity contribution in [3.8, 4) is 11.4 Å². The molecule has 1 aromatic carbocycles. The van der Waals surface area contributed by atoms with E-state index in [9.17, 15) is 0 Å². The van der Waals surface area contributed by atoms with E-state index in [0.29, 0.717) is 0 Å². The molecule has 0 aliphatic heterocycles. The van der Waals surface area contributed by atoms with Crippen molar-refractivity contribution in [3.05, 3.63) is 58.9 Å². The Bertz CT molecular complexity index is 885. The van der Waals surface area contributed by atoms with E-state index in [-0.39, 0.29) is 5.41 Å². The van der Waals surface area contributed by atoms with Gasteiger partial charge in [-0.1, -0.05) is 44.7 Å². The van der Waals surface area contributed by atoms with E-state index >= 15 is 0 Å². The van der Waals surface area contributed by atoms with Gasteiger partial charge in [0.05, 0.1) is 0 Å². The summed E-state index contributed by atoms with van der Waals surface area (Å²) in [6.07, 6.45) is 3.56. The van der Waals surface area contributed by atoms with Crippen LogP contribution in [0.4, 0.5) is 0 Å². The van der Waals surface area contributed by atoms with E-state index in [0.717, 1.165) is 22.3 Å². The van der Waals surface area contributed by atoms with Gasteiger partial charge in [-0.2, -0.15) is 0 Å². The van der Waals surface area contributed by atoms with Gasteiger partial charge in [0, 0.05) is 30.8 Å². The van der Waals surface area contributed by atoms with Gasteiger partial charge in [-0.05, 0) is 53.6 Å². The first-order valence-electron chi connectivity index (χ1n) is 8.80. The lowest BCUT2D eigenvalue weighted by Crippen LogP contribution is -2.12. The van der Waals surface area contributed by atoms with Crippen LogP contribution in [-0.2, 0) is 18.2 Å². The van der Waals surface area contributed by atoms with Crippen molar-refractivity contribution in [2.24, 2.45) is 7.05 Å². The van der Waals surface area contributed by atoms with Gasteiger partial charge in [0.15, 0.2) is 11.0 Å². The van der Waals surface area contributed by atoms with Crippen LogP contribution in [0.15, 0.2) is 41.8 Å². The molecule has 0 saturated carbocycles. The largest absolute Gasteiger partial charge is 0.305 e. The number of pyridine rings is 1. The molecule has 0 spiro atoms. The first-order chi connectivity index (χ1) is 12.3. The Labute approximate surface area is 160 Å². The summed E-state index contributed by atoms with van der Waals surface area (Å²) in [6.45, 7) is 11.2. The number of aryl methyl sites for hydroxylation is 2. The molecule has 0 aliphatic carbocycles. The number of aromatic nitrogens is 4. The zero-order chi connectivity index (χ0) is 18.9. The van der Waals surface area contributed by atoms with Crippen molar-refractivity contribution >= 4 is 11.8 Å². The molecule has 0 unspecified atom stereocenters. The molecular formula is C21H26N4S. The van der Waals surface area contributed by atoms with E-state index < -0.39 is 0 Å². The minimum Gasteiger partial charge on any atom is -0.305 e. The molecule has 26 heavy (non-hydrogen) atoms. The summed E-state index contributed by atoms with van der Waals surface area (Å²) >= 11 is 1.73. The normalized spacial score (nSPS) is 11.8. The Kier molecular flexibility index (Phi) is 5.19. The highest BCUT2D eigenvalue weighted by atomic mass is 32.2. The smallest absolute Gasteiger partial charge is 0.191 e. The molecular weight excluding hydrogens is 340 g/mol. The Hall–Kier alpha value is -2.14. The van der Waals surface area contributed by atoms with Crippen LogP contribution >= 0.6 is 11.8 Å². The van der Waals surface area contributed by atoms with E-state index in [4.69, 9.17) is 0 Å². The average molecular weight is 367 g/mol. The molecule has 4 nitrogen and oxygen atoms in total. The molecule has 3 rings (SSSR count). The van der Waals surface area contributed by atoms with Gasteiger partial charge in [-0.25, -0.2) is 0 Å². The zero-order valence-electron chi connectivity index (χ0n) is 16.4. The van der Waals surface area contributed by atoms with Gasteiger partial charge >= 0.3 is 0 Å². The molecule has 0 N–H and O–H groups in total. The van der Waals surface area contributed by atoms with Gasteiger partial charge in [-0.15, -0.1) is 10.2 Å². The molecule has 0 saturated heterocycles. The predicted octanol–water partition coefficient (Wildman–Crippen LogP) is 5.08. The molecule has 136 valence electrons. The SMILES string of the molecule is Cc1cc(C(C)(C)C)cc(C)c1CSc1nnc(-c2ccncc2)n1C. The third-order valence-corrected chi connectivity index (χ3v) is 5.73. The molecule has 2 heterocycles. The highest BCUT2D eigenvalue weighted by molar-refractivity contribution is 7.98. The Morgan fingerprint density at radius 2 is 1.62 bits per heavy atom. The topological polar surface area (TPSA) is 43.6 Å². The maximum absolute atomic E-state index is 4.38. The number of hydrogen-bond donors (Lipinski definition) is 0. The second kappa shape index (κ2) is 7.23. The van der Waals surface area contributed by atoms with Crippen LogP contribution < -0.4 is 0 Å². The third kappa shape index (κ3) is 3.83. The van der Waals surface area contributed by atoms with Crippen molar-refractivity contribution < 1.29 is 0 Å². The van der Waals surface area contributed by atoms with E-state index in [1.54, 1.807) is 24.2 Å². The fraction of sp³-hybridized carbons (Fsp3) is 0.381. The Morgan fingerprint density at radius 1 is 1.00 bits per heavy atom. The fourth-order valence-electron chi connectivity index (χ4n) is 2.98. The van der Waals surface area contributed by atoms with Gasteiger partial charge in [-0.3, -0.25) is 4.98 Å². The average Bonchev–Trinajstić information content (AvgIpc) is 2.95. The van der Waals surface area contributed by atoms with Crippen LogP contribution in [0, 0.1) is 13.8 Å². The lowest BCUT2D eigenvalue weighted by atomic mass is 9.84. The maximum atomic E-state index is 4.38. The quantitative estimate of drug-likeness (QED) is 0.604. The summed E-state index contributed by atoms with van der Waals surface area (Å²) < 4.78 is 2.05. The first kappa shape index (κ1) is 18.6. The van der Waals surface area contributed by atoms with Gasteiger partial charge in [0.2, 0.25) is 0 Å².